The Bertz CT molecular complexity index is 622. The second kappa shape index (κ2) is 8.11. The maximum atomic E-state index is 5.90. The SMILES string of the molecule is S=C(NC[C@@H](c1cccs1)N1CCCC1)Nc1ccc(Cl)cc1. The van der Waals surface area contributed by atoms with Crippen LogP contribution in [0.3, 0.4) is 0 Å². The third-order valence-electron chi connectivity index (χ3n) is 4.01. The maximum Gasteiger partial charge on any atom is 0.170 e. The summed E-state index contributed by atoms with van der Waals surface area (Å²) in [4.78, 5) is 3.94. The highest BCUT2D eigenvalue weighted by molar-refractivity contribution is 7.80. The van der Waals surface area contributed by atoms with Crippen LogP contribution in [0.4, 0.5) is 5.69 Å². The summed E-state index contributed by atoms with van der Waals surface area (Å²) in [5.41, 5.74) is 0.945. The summed E-state index contributed by atoms with van der Waals surface area (Å²) in [5.74, 6) is 0. The Hall–Kier alpha value is -1.14. The van der Waals surface area contributed by atoms with E-state index in [4.69, 9.17) is 23.8 Å². The molecular weight excluding hydrogens is 346 g/mol. The highest BCUT2D eigenvalue weighted by atomic mass is 35.5. The highest BCUT2D eigenvalue weighted by Gasteiger charge is 2.24. The lowest BCUT2D eigenvalue weighted by Crippen LogP contribution is -2.38. The fraction of sp³-hybridized carbons (Fsp3) is 0.353. The van der Waals surface area contributed by atoms with Gasteiger partial charge in [0.25, 0.3) is 0 Å². The van der Waals surface area contributed by atoms with Crippen molar-refractivity contribution in [1.29, 1.82) is 0 Å². The van der Waals surface area contributed by atoms with Crippen molar-refractivity contribution in [3.63, 3.8) is 0 Å². The quantitative estimate of drug-likeness (QED) is 0.761. The minimum atomic E-state index is 0.391. The van der Waals surface area contributed by atoms with Crippen LogP contribution in [0, 0.1) is 0 Å². The van der Waals surface area contributed by atoms with E-state index in [-0.39, 0.29) is 0 Å². The molecule has 0 bridgehead atoms. The van der Waals surface area contributed by atoms with Gasteiger partial charge in [0.05, 0.1) is 6.04 Å². The predicted molar refractivity (Wildman–Crippen MR) is 104 cm³/mol. The third kappa shape index (κ3) is 4.67. The van der Waals surface area contributed by atoms with Gasteiger partial charge in [0.15, 0.2) is 5.11 Å². The number of nitrogens with one attached hydrogen (secondary N) is 2. The monoisotopic (exact) mass is 365 g/mol. The molecule has 0 saturated carbocycles. The fourth-order valence-corrected chi connectivity index (χ4v) is 4.03. The van der Waals surface area contributed by atoms with Crippen molar-refractivity contribution in [3.8, 4) is 0 Å². The van der Waals surface area contributed by atoms with Crippen molar-refractivity contribution in [2.75, 3.05) is 25.0 Å². The summed E-state index contributed by atoms with van der Waals surface area (Å²) in [6.45, 7) is 3.16. The number of hydrogen-bond donors (Lipinski definition) is 2. The Balaban J connectivity index is 1.57. The Labute approximate surface area is 151 Å². The third-order valence-corrected chi connectivity index (χ3v) is 5.48. The first-order valence-electron chi connectivity index (χ1n) is 7.80. The Morgan fingerprint density at radius 1 is 1.22 bits per heavy atom. The molecule has 0 radical (unpaired) electrons. The molecule has 3 nitrogen and oxygen atoms in total. The van der Waals surface area contributed by atoms with Crippen LogP contribution in [0.5, 0.6) is 0 Å². The van der Waals surface area contributed by atoms with Gasteiger partial charge in [0.2, 0.25) is 0 Å². The van der Waals surface area contributed by atoms with Crippen LogP contribution in [0.1, 0.15) is 23.8 Å². The van der Waals surface area contributed by atoms with Gasteiger partial charge >= 0.3 is 0 Å². The van der Waals surface area contributed by atoms with Crippen LogP contribution < -0.4 is 10.6 Å². The van der Waals surface area contributed by atoms with Gasteiger partial charge in [-0.2, -0.15) is 0 Å². The van der Waals surface area contributed by atoms with E-state index in [2.05, 4.69) is 33.0 Å². The molecule has 1 fully saturated rings. The molecule has 0 unspecified atom stereocenters. The lowest BCUT2D eigenvalue weighted by Gasteiger charge is -2.27. The molecule has 122 valence electrons. The lowest BCUT2D eigenvalue weighted by atomic mass is 10.2. The molecule has 0 amide bonds. The average Bonchev–Trinajstić information content (AvgIpc) is 3.24. The zero-order valence-corrected chi connectivity index (χ0v) is 15.2. The summed E-state index contributed by atoms with van der Waals surface area (Å²) < 4.78 is 0. The molecule has 6 heteroatoms. The summed E-state index contributed by atoms with van der Waals surface area (Å²) in [7, 11) is 0. The molecule has 1 saturated heterocycles. The van der Waals surface area contributed by atoms with Crippen LogP contribution in [0.15, 0.2) is 41.8 Å². The van der Waals surface area contributed by atoms with E-state index < -0.39 is 0 Å². The smallest absolute Gasteiger partial charge is 0.170 e. The summed E-state index contributed by atoms with van der Waals surface area (Å²) >= 11 is 13.1. The second-order valence-electron chi connectivity index (χ2n) is 5.62. The molecule has 0 spiro atoms. The van der Waals surface area contributed by atoms with E-state index in [0.717, 1.165) is 17.3 Å². The van der Waals surface area contributed by atoms with E-state index >= 15 is 0 Å². The van der Waals surface area contributed by atoms with Crippen molar-refractivity contribution in [3.05, 3.63) is 51.7 Å². The molecule has 2 N–H and O–H groups in total. The number of thiocarbonyl (C=S) groups is 1. The van der Waals surface area contributed by atoms with Crippen LogP contribution in [0.25, 0.3) is 0 Å². The van der Waals surface area contributed by atoms with Gasteiger partial charge < -0.3 is 10.6 Å². The number of thiophene rings is 1. The van der Waals surface area contributed by atoms with Gasteiger partial charge in [-0.25, -0.2) is 0 Å². The number of hydrogen-bond acceptors (Lipinski definition) is 3. The molecule has 1 aromatic carbocycles. The van der Waals surface area contributed by atoms with E-state index in [1.54, 1.807) is 0 Å². The summed E-state index contributed by atoms with van der Waals surface area (Å²) in [6, 6.07) is 12.3. The molecule has 2 heterocycles. The standard InChI is InChI=1S/C17H20ClN3S2/c18-13-5-7-14(8-6-13)20-17(22)19-12-15(16-4-3-11-23-16)21-9-1-2-10-21/h3-8,11,15H,1-2,9-10,12H2,(H2,19,20,22)/t15-/m0/s1. The maximum absolute atomic E-state index is 5.90. The van der Waals surface area contributed by atoms with E-state index in [1.165, 1.54) is 30.8 Å². The van der Waals surface area contributed by atoms with Gasteiger partial charge in [-0.1, -0.05) is 17.7 Å². The number of anilines is 1. The zero-order valence-electron chi connectivity index (χ0n) is 12.8. The van der Waals surface area contributed by atoms with E-state index in [9.17, 15) is 0 Å². The first-order valence-corrected chi connectivity index (χ1v) is 9.47. The molecule has 1 aliphatic heterocycles. The fourth-order valence-electron chi connectivity index (χ4n) is 2.84. The normalized spacial score (nSPS) is 16.2. The molecular formula is C17H20ClN3S2. The molecule has 1 aromatic heterocycles. The summed E-state index contributed by atoms with van der Waals surface area (Å²) in [5, 5.41) is 10.1. The predicted octanol–water partition coefficient (Wildman–Crippen LogP) is 4.53. The van der Waals surface area contributed by atoms with Gasteiger partial charge in [-0.3, -0.25) is 4.90 Å². The zero-order chi connectivity index (χ0) is 16.1. The van der Waals surface area contributed by atoms with Gasteiger partial charge in [-0.15, -0.1) is 11.3 Å². The first kappa shape index (κ1) is 16.7. The number of nitrogens with zero attached hydrogens (tertiary/aromatic N) is 1. The van der Waals surface area contributed by atoms with Crippen LogP contribution in [-0.4, -0.2) is 29.6 Å². The number of halogens is 1. The average molecular weight is 366 g/mol. The van der Waals surface area contributed by atoms with Gasteiger partial charge in [0.1, 0.15) is 0 Å². The van der Waals surface area contributed by atoms with Gasteiger partial charge in [-0.05, 0) is 73.9 Å². The van der Waals surface area contributed by atoms with Crippen molar-refractivity contribution in [2.24, 2.45) is 0 Å². The van der Waals surface area contributed by atoms with Crippen LogP contribution >= 0.6 is 35.2 Å². The lowest BCUT2D eigenvalue weighted by molar-refractivity contribution is 0.249. The highest BCUT2D eigenvalue weighted by Crippen LogP contribution is 2.27. The largest absolute Gasteiger partial charge is 0.360 e. The number of likely N-dealkylation sites (tertiary alicyclic amines) is 1. The van der Waals surface area contributed by atoms with E-state index in [1.807, 2.05) is 35.6 Å². The minimum Gasteiger partial charge on any atom is -0.360 e. The van der Waals surface area contributed by atoms with Crippen LogP contribution in [0.2, 0.25) is 5.02 Å². The second-order valence-corrected chi connectivity index (χ2v) is 7.44. The van der Waals surface area contributed by atoms with Crippen molar-refractivity contribution in [1.82, 2.24) is 10.2 Å². The Morgan fingerprint density at radius 2 is 1.96 bits per heavy atom. The molecule has 2 aromatic rings. The van der Waals surface area contributed by atoms with Crippen LogP contribution in [-0.2, 0) is 0 Å². The van der Waals surface area contributed by atoms with E-state index in [0.29, 0.717) is 11.2 Å². The molecule has 23 heavy (non-hydrogen) atoms. The topological polar surface area (TPSA) is 27.3 Å². The van der Waals surface area contributed by atoms with Gasteiger partial charge in [0, 0.05) is 22.1 Å². The van der Waals surface area contributed by atoms with Crippen molar-refractivity contribution in [2.45, 2.75) is 18.9 Å². The Kier molecular flexibility index (Phi) is 5.89. The molecule has 0 aliphatic carbocycles. The number of rotatable bonds is 5. The Morgan fingerprint density at radius 3 is 2.61 bits per heavy atom. The number of benzene rings is 1. The molecule has 1 atom stereocenters. The molecule has 3 rings (SSSR count). The van der Waals surface area contributed by atoms with Crippen molar-refractivity contribution >= 4 is 46.0 Å². The summed E-state index contributed by atoms with van der Waals surface area (Å²) in [6.07, 6.45) is 2.57. The van der Waals surface area contributed by atoms with Crippen molar-refractivity contribution < 1.29 is 0 Å². The molecule has 1 aliphatic rings. The minimum absolute atomic E-state index is 0.391. The first-order chi connectivity index (χ1) is 11.2.